The normalized spacial score (nSPS) is 14.5. The molecule has 0 radical (unpaired) electrons. The standard InChI is InChI=1S/C19H19F2N5/c1-12-7-23-11-26(12)10-13-8-25(9-13)19-17(22)4-5-18(24-19)15-3-2-14(20)6-16(15)21/h2-7,11,13H,8-10,22H2,1H3. The molecule has 0 spiro atoms. The molecule has 5 nitrogen and oxygen atoms in total. The molecule has 1 saturated heterocycles. The number of hydrogen-bond donors (Lipinski definition) is 1. The third kappa shape index (κ3) is 3.00. The molecule has 0 saturated carbocycles. The van der Waals surface area contributed by atoms with Gasteiger partial charge in [0.1, 0.15) is 11.6 Å². The summed E-state index contributed by atoms with van der Waals surface area (Å²) in [6, 6.07) is 6.85. The molecule has 0 aliphatic carbocycles. The van der Waals surface area contributed by atoms with Gasteiger partial charge < -0.3 is 15.2 Å². The molecule has 3 aromatic rings. The number of imidazole rings is 1. The van der Waals surface area contributed by atoms with Crippen molar-refractivity contribution in [1.29, 1.82) is 0 Å². The lowest BCUT2D eigenvalue weighted by molar-refractivity contribution is 0.353. The minimum atomic E-state index is -0.634. The first-order chi connectivity index (χ1) is 12.5. The predicted molar refractivity (Wildman–Crippen MR) is 96.7 cm³/mol. The van der Waals surface area contributed by atoms with E-state index >= 15 is 0 Å². The summed E-state index contributed by atoms with van der Waals surface area (Å²) in [5.41, 5.74) is 8.46. The van der Waals surface area contributed by atoms with E-state index in [1.165, 1.54) is 12.1 Å². The molecule has 4 rings (SSSR count). The number of halogens is 2. The largest absolute Gasteiger partial charge is 0.396 e. The lowest BCUT2D eigenvalue weighted by Gasteiger charge is -2.41. The van der Waals surface area contributed by atoms with Crippen molar-refractivity contribution in [2.75, 3.05) is 23.7 Å². The van der Waals surface area contributed by atoms with Gasteiger partial charge in [0.25, 0.3) is 0 Å². The van der Waals surface area contributed by atoms with E-state index in [-0.39, 0.29) is 5.56 Å². The van der Waals surface area contributed by atoms with Crippen molar-refractivity contribution in [2.45, 2.75) is 13.5 Å². The second kappa shape index (κ2) is 6.40. The summed E-state index contributed by atoms with van der Waals surface area (Å²) in [7, 11) is 0. The average molecular weight is 355 g/mol. The number of hydrogen-bond acceptors (Lipinski definition) is 4. The van der Waals surface area contributed by atoms with Gasteiger partial charge in [-0.25, -0.2) is 18.7 Å². The van der Waals surface area contributed by atoms with Crippen LogP contribution in [0.4, 0.5) is 20.3 Å². The number of aryl methyl sites for hydroxylation is 1. The Morgan fingerprint density at radius 1 is 1.19 bits per heavy atom. The van der Waals surface area contributed by atoms with Crippen LogP contribution in [0, 0.1) is 24.5 Å². The van der Waals surface area contributed by atoms with Gasteiger partial charge >= 0.3 is 0 Å². The number of pyridine rings is 1. The van der Waals surface area contributed by atoms with Crippen LogP contribution in [-0.2, 0) is 6.54 Å². The van der Waals surface area contributed by atoms with E-state index in [4.69, 9.17) is 5.73 Å². The number of nitrogens with zero attached hydrogens (tertiary/aromatic N) is 4. The first-order valence-corrected chi connectivity index (χ1v) is 8.45. The first-order valence-electron chi connectivity index (χ1n) is 8.45. The molecule has 2 N–H and O–H groups in total. The van der Waals surface area contributed by atoms with Crippen molar-refractivity contribution >= 4 is 11.5 Å². The summed E-state index contributed by atoms with van der Waals surface area (Å²) in [5, 5.41) is 0. The zero-order valence-corrected chi connectivity index (χ0v) is 14.4. The minimum absolute atomic E-state index is 0.263. The van der Waals surface area contributed by atoms with Crippen molar-refractivity contribution < 1.29 is 8.78 Å². The van der Waals surface area contributed by atoms with Crippen molar-refractivity contribution in [3.05, 3.63) is 60.2 Å². The second-order valence-corrected chi connectivity index (χ2v) is 6.69. The van der Waals surface area contributed by atoms with Gasteiger partial charge in [0.2, 0.25) is 0 Å². The van der Waals surface area contributed by atoms with E-state index in [2.05, 4.69) is 19.4 Å². The third-order valence-corrected chi connectivity index (χ3v) is 4.74. The molecule has 7 heteroatoms. The maximum absolute atomic E-state index is 14.0. The monoisotopic (exact) mass is 355 g/mol. The summed E-state index contributed by atoms with van der Waals surface area (Å²) < 4.78 is 29.3. The van der Waals surface area contributed by atoms with Gasteiger partial charge in [-0.3, -0.25) is 0 Å². The van der Waals surface area contributed by atoms with Crippen LogP contribution in [0.2, 0.25) is 0 Å². The maximum atomic E-state index is 14.0. The molecular weight excluding hydrogens is 336 g/mol. The molecule has 26 heavy (non-hydrogen) atoms. The Morgan fingerprint density at radius 2 is 2.00 bits per heavy atom. The topological polar surface area (TPSA) is 60.0 Å². The van der Waals surface area contributed by atoms with Gasteiger partial charge in [-0.2, -0.15) is 0 Å². The maximum Gasteiger partial charge on any atom is 0.152 e. The van der Waals surface area contributed by atoms with Gasteiger partial charge in [-0.15, -0.1) is 0 Å². The van der Waals surface area contributed by atoms with Gasteiger partial charge in [0.15, 0.2) is 5.82 Å². The third-order valence-electron chi connectivity index (χ3n) is 4.74. The fourth-order valence-corrected chi connectivity index (χ4v) is 3.27. The summed E-state index contributed by atoms with van der Waals surface area (Å²) in [6.07, 6.45) is 3.68. The predicted octanol–water partition coefficient (Wildman–Crippen LogP) is 3.25. The Balaban J connectivity index is 1.52. The Labute approximate surface area is 150 Å². The zero-order chi connectivity index (χ0) is 18.3. The summed E-state index contributed by atoms with van der Waals surface area (Å²) in [5.74, 6) is -0.118. The fraction of sp³-hybridized carbons (Fsp3) is 0.263. The first kappa shape index (κ1) is 16.5. The van der Waals surface area contributed by atoms with E-state index in [1.54, 1.807) is 12.1 Å². The Hall–Kier alpha value is -2.96. The molecule has 134 valence electrons. The van der Waals surface area contributed by atoms with Crippen LogP contribution in [-0.4, -0.2) is 27.6 Å². The number of nitrogens with two attached hydrogens (primary N) is 1. The summed E-state index contributed by atoms with van der Waals surface area (Å²) in [6.45, 7) is 4.58. The summed E-state index contributed by atoms with van der Waals surface area (Å²) in [4.78, 5) is 10.7. The molecule has 1 aliphatic rings. The Kier molecular flexibility index (Phi) is 4.06. The van der Waals surface area contributed by atoms with Crippen LogP contribution >= 0.6 is 0 Å². The Morgan fingerprint density at radius 3 is 2.69 bits per heavy atom. The molecule has 1 fully saturated rings. The van der Waals surface area contributed by atoms with Crippen molar-refractivity contribution in [2.24, 2.45) is 5.92 Å². The van der Waals surface area contributed by atoms with Gasteiger partial charge in [0.05, 0.1) is 17.7 Å². The highest BCUT2D eigenvalue weighted by atomic mass is 19.1. The highest BCUT2D eigenvalue weighted by Gasteiger charge is 2.29. The number of anilines is 2. The zero-order valence-electron chi connectivity index (χ0n) is 14.4. The molecule has 1 aromatic carbocycles. The van der Waals surface area contributed by atoms with Crippen LogP contribution in [0.5, 0.6) is 0 Å². The minimum Gasteiger partial charge on any atom is -0.396 e. The molecule has 2 aromatic heterocycles. The average Bonchev–Trinajstić information content (AvgIpc) is 2.97. The van der Waals surface area contributed by atoms with Crippen molar-refractivity contribution in [3.63, 3.8) is 0 Å². The van der Waals surface area contributed by atoms with Crippen LogP contribution < -0.4 is 10.6 Å². The smallest absolute Gasteiger partial charge is 0.152 e. The molecule has 0 atom stereocenters. The van der Waals surface area contributed by atoms with Crippen molar-refractivity contribution in [3.8, 4) is 11.3 Å². The lowest BCUT2D eigenvalue weighted by atomic mass is 9.99. The number of benzene rings is 1. The van der Waals surface area contributed by atoms with E-state index in [9.17, 15) is 8.78 Å². The van der Waals surface area contributed by atoms with Gasteiger partial charge in [0, 0.05) is 49.1 Å². The molecular formula is C19H19F2N5. The molecule has 3 heterocycles. The highest BCUT2D eigenvalue weighted by Crippen LogP contribution is 2.32. The van der Waals surface area contributed by atoms with E-state index in [0.29, 0.717) is 23.1 Å². The van der Waals surface area contributed by atoms with E-state index < -0.39 is 11.6 Å². The number of aromatic nitrogens is 3. The van der Waals surface area contributed by atoms with Crippen LogP contribution in [0.3, 0.4) is 0 Å². The van der Waals surface area contributed by atoms with Crippen LogP contribution in [0.1, 0.15) is 5.69 Å². The van der Waals surface area contributed by atoms with Gasteiger partial charge in [-0.1, -0.05) is 0 Å². The Bertz CT molecular complexity index is 947. The van der Waals surface area contributed by atoms with Crippen molar-refractivity contribution in [1.82, 2.24) is 14.5 Å². The van der Waals surface area contributed by atoms with Crippen LogP contribution in [0.15, 0.2) is 42.9 Å². The molecule has 0 bridgehead atoms. The van der Waals surface area contributed by atoms with Crippen LogP contribution in [0.25, 0.3) is 11.3 Å². The summed E-state index contributed by atoms with van der Waals surface area (Å²) >= 11 is 0. The lowest BCUT2D eigenvalue weighted by Crippen LogP contribution is -2.49. The van der Waals surface area contributed by atoms with E-state index in [0.717, 1.165) is 31.4 Å². The quantitative estimate of drug-likeness (QED) is 0.780. The number of nitrogen functional groups attached to an aromatic ring is 1. The van der Waals surface area contributed by atoms with E-state index in [1.807, 2.05) is 19.4 Å². The second-order valence-electron chi connectivity index (χ2n) is 6.69. The SMILES string of the molecule is Cc1cncn1CC1CN(c2nc(-c3ccc(F)cc3F)ccc2N)C1. The van der Waals surface area contributed by atoms with Gasteiger partial charge in [-0.05, 0) is 31.2 Å². The number of rotatable bonds is 4. The fourth-order valence-electron chi connectivity index (χ4n) is 3.27. The molecule has 1 aliphatic heterocycles. The molecule has 0 unspecified atom stereocenters. The highest BCUT2D eigenvalue weighted by molar-refractivity contribution is 5.71. The molecule has 0 amide bonds.